The van der Waals surface area contributed by atoms with Crippen molar-refractivity contribution >= 4 is 63.7 Å². The van der Waals surface area contributed by atoms with E-state index in [2.05, 4.69) is 10.6 Å². The topological polar surface area (TPSA) is 50.4 Å². The monoisotopic (exact) mass is 402 g/mol. The fraction of sp³-hybridized carbons (Fsp3) is 0.125. The zero-order valence-corrected chi connectivity index (χ0v) is 15.8. The molecular weight excluding hydrogens is 391 g/mol. The average Bonchev–Trinajstić information content (AvgIpc) is 2.50. The molecule has 8 heteroatoms. The predicted molar refractivity (Wildman–Crippen MR) is 103 cm³/mol. The Kier molecular flexibility index (Phi) is 6.29. The van der Waals surface area contributed by atoms with Crippen molar-refractivity contribution < 1.29 is 9.53 Å². The Bertz CT molecular complexity index is 812. The molecule has 1 amide bonds. The summed E-state index contributed by atoms with van der Waals surface area (Å²) in [7, 11) is 1.41. The summed E-state index contributed by atoms with van der Waals surface area (Å²) < 4.78 is 5.15. The Hall–Kier alpha value is -1.53. The number of ether oxygens (including phenoxy) is 1. The number of carbonyl (C=O) groups excluding carboxylic acids is 1. The summed E-state index contributed by atoms with van der Waals surface area (Å²) in [6, 6.07) is 8.27. The molecule has 2 N–H and O–H groups in total. The van der Waals surface area contributed by atoms with E-state index >= 15 is 0 Å². The standard InChI is InChI=1S/C16H13Cl3N2O2S/c1-8-3-4-9(17)7-13(8)20-16(24)21-15(22)11-5-10(18)6-12(19)14(11)23-2/h3-7H,1-2H3,(H2,20,21,22,24). The van der Waals surface area contributed by atoms with E-state index in [1.54, 1.807) is 12.1 Å². The molecule has 126 valence electrons. The van der Waals surface area contributed by atoms with Crippen molar-refractivity contribution in [3.05, 3.63) is 56.5 Å². The summed E-state index contributed by atoms with van der Waals surface area (Å²) in [5.74, 6) is -0.270. The van der Waals surface area contributed by atoms with Crippen molar-refractivity contribution in [1.82, 2.24) is 5.32 Å². The average molecular weight is 404 g/mol. The molecule has 0 fully saturated rings. The largest absolute Gasteiger partial charge is 0.494 e. The van der Waals surface area contributed by atoms with Gasteiger partial charge in [0, 0.05) is 15.7 Å². The number of nitrogens with one attached hydrogen (secondary N) is 2. The number of hydrogen-bond acceptors (Lipinski definition) is 3. The normalized spacial score (nSPS) is 10.2. The van der Waals surface area contributed by atoms with Gasteiger partial charge >= 0.3 is 0 Å². The summed E-state index contributed by atoms with van der Waals surface area (Å²) in [5, 5.41) is 6.71. The summed E-state index contributed by atoms with van der Waals surface area (Å²) in [6.45, 7) is 1.89. The van der Waals surface area contributed by atoms with Gasteiger partial charge in [-0.15, -0.1) is 0 Å². The number of benzene rings is 2. The van der Waals surface area contributed by atoms with Crippen LogP contribution in [0.3, 0.4) is 0 Å². The van der Waals surface area contributed by atoms with Gasteiger partial charge in [0.1, 0.15) is 5.75 Å². The number of carbonyl (C=O) groups is 1. The number of methoxy groups -OCH3 is 1. The first-order valence-corrected chi connectivity index (χ1v) is 8.27. The lowest BCUT2D eigenvalue weighted by Gasteiger charge is -2.14. The van der Waals surface area contributed by atoms with E-state index in [9.17, 15) is 4.79 Å². The van der Waals surface area contributed by atoms with Crippen LogP contribution in [0.4, 0.5) is 5.69 Å². The summed E-state index contributed by atoms with van der Waals surface area (Å²) in [4.78, 5) is 12.4. The van der Waals surface area contributed by atoms with Gasteiger partial charge in [-0.2, -0.15) is 0 Å². The van der Waals surface area contributed by atoms with E-state index in [4.69, 9.17) is 51.8 Å². The molecule has 0 aliphatic rings. The van der Waals surface area contributed by atoms with E-state index in [1.807, 2.05) is 13.0 Å². The summed E-state index contributed by atoms with van der Waals surface area (Å²) in [5.41, 5.74) is 1.81. The molecule has 0 spiro atoms. The fourth-order valence-corrected chi connectivity index (χ4v) is 2.93. The van der Waals surface area contributed by atoms with Crippen LogP contribution in [0, 0.1) is 6.92 Å². The highest BCUT2D eigenvalue weighted by molar-refractivity contribution is 7.80. The second kappa shape index (κ2) is 8.03. The van der Waals surface area contributed by atoms with Gasteiger partial charge in [-0.05, 0) is 49.0 Å². The van der Waals surface area contributed by atoms with Crippen LogP contribution in [0.2, 0.25) is 15.1 Å². The van der Waals surface area contributed by atoms with Crippen molar-refractivity contribution in [2.75, 3.05) is 12.4 Å². The van der Waals surface area contributed by atoms with Gasteiger partial charge in [0.15, 0.2) is 5.11 Å². The summed E-state index contributed by atoms with van der Waals surface area (Å²) >= 11 is 23.1. The van der Waals surface area contributed by atoms with Crippen molar-refractivity contribution in [2.24, 2.45) is 0 Å². The maximum atomic E-state index is 12.4. The van der Waals surface area contributed by atoms with Crippen LogP contribution in [0.5, 0.6) is 5.75 Å². The second-order valence-electron chi connectivity index (χ2n) is 4.84. The number of hydrogen-bond donors (Lipinski definition) is 2. The smallest absolute Gasteiger partial charge is 0.261 e. The minimum atomic E-state index is -0.492. The first-order chi connectivity index (χ1) is 11.3. The van der Waals surface area contributed by atoms with Gasteiger partial charge in [0.2, 0.25) is 0 Å². The van der Waals surface area contributed by atoms with Gasteiger partial charge in [-0.25, -0.2) is 0 Å². The quantitative estimate of drug-likeness (QED) is 0.701. The molecule has 24 heavy (non-hydrogen) atoms. The number of amides is 1. The van der Waals surface area contributed by atoms with Crippen LogP contribution in [-0.4, -0.2) is 18.1 Å². The molecule has 2 aromatic rings. The molecule has 0 bridgehead atoms. The molecule has 0 aromatic heterocycles. The highest BCUT2D eigenvalue weighted by atomic mass is 35.5. The lowest BCUT2D eigenvalue weighted by molar-refractivity contribution is 0.0975. The Morgan fingerprint density at radius 2 is 1.83 bits per heavy atom. The maximum absolute atomic E-state index is 12.4. The van der Waals surface area contributed by atoms with Gasteiger partial charge in [-0.3, -0.25) is 10.1 Å². The number of aryl methyl sites for hydroxylation is 1. The third-order valence-corrected chi connectivity index (χ3v) is 4.07. The Morgan fingerprint density at radius 3 is 2.50 bits per heavy atom. The van der Waals surface area contributed by atoms with Gasteiger partial charge in [-0.1, -0.05) is 40.9 Å². The first kappa shape index (κ1) is 18.8. The summed E-state index contributed by atoms with van der Waals surface area (Å²) in [6.07, 6.45) is 0. The third kappa shape index (κ3) is 4.51. The van der Waals surface area contributed by atoms with E-state index in [0.29, 0.717) is 15.7 Å². The van der Waals surface area contributed by atoms with Crippen molar-refractivity contribution in [2.45, 2.75) is 6.92 Å². The molecule has 0 heterocycles. The minimum absolute atomic E-state index is 0.114. The van der Waals surface area contributed by atoms with Crippen LogP contribution in [0.25, 0.3) is 0 Å². The van der Waals surface area contributed by atoms with Gasteiger partial charge in [0.05, 0.1) is 17.7 Å². The maximum Gasteiger partial charge on any atom is 0.261 e. The van der Waals surface area contributed by atoms with Gasteiger partial charge < -0.3 is 10.1 Å². The van der Waals surface area contributed by atoms with Crippen LogP contribution in [0.1, 0.15) is 15.9 Å². The van der Waals surface area contributed by atoms with E-state index in [1.165, 1.54) is 19.2 Å². The molecule has 0 radical (unpaired) electrons. The highest BCUT2D eigenvalue weighted by Gasteiger charge is 2.18. The Labute approximate surface area is 160 Å². The molecule has 0 aliphatic heterocycles. The van der Waals surface area contributed by atoms with Crippen LogP contribution < -0.4 is 15.4 Å². The molecule has 0 saturated heterocycles. The zero-order valence-electron chi connectivity index (χ0n) is 12.7. The molecule has 2 aromatic carbocycles. The number of rotatable bonds is 3. The van der Waals surface area contributed by atoms with E-state index in [-0.39, 0.29) is 21.4 Å². The van der Waals surface area contributed by atoms with E-state index in [0.717, 1.165) is 5.56 Å². The van der Waals surface area contributed by atoms with Crippen molar-refractivity contribution in [3.8, 4) is 5.75 Å². The predicted octanol–water partition coefficient (Wildman–Crippen LogP) is 5.09. The Balaban J connectivity index is 2.18. The fourth-order valence-electron chi connectivity index (χ4n) is 1.99. The molecule has 0 unspecified atom stereocenters. The molecule has 0 atom stereocenters. The molecule has 4 nitrogen and oxygen atoms in total. The molecular formula is C16H13Cl3N2O2S. The van der Waals surface area contributed by atoms with Crippen LogP contribution in [0.15, 0.2) is 30.3 Å². The lowest BCUT2D eigenvalue weighted by atomic mass is 10.2. The molecule has 0 saturated carbocycles. The SMILES string of the molecule is COc1c(Cl)cc(Cl)cc1C(=O)NC(=S)Nc1cc(Cl)ccc1C. The third-order valence-electron chi connectivity index (χ3n) is 3.13. The second-order valence-corrected chi connectivity index (χ2v) is 6.52. The van der Waals surface area contributed by atoms with Crippen molar-refractivity contribution in [1.29, 1.82) is 0 Å². The van der Waals surface area contributed by atoms with E-state index < -0.39 is 5.91 Å². The van der Waals surface area contributed by atoms with Crippen LogP contribution in [-0.2, 0) is 0 Å². The zero-order chi connectivity index (χ0) is 17.9. The van der Waals surface area contributed by atoms with Gasteiger partial charge in [0.25, 0.3) is 5.91 Å². The minimum Gasteiger partial charge on any atom is -0.494 e. The highest BCUT2D eigenvalue weighted by Crippen LogP contribution is 2.32. The number of halogens is 3. The first-order valence-electron chi connectivity index (χ1n) is 6.73. The Morgan fingerprint density at radius 1 is 1.12 bits per heavy atom. The number of thiocarbonyl (C=S) groups is 1. The lowest BCUT2D eigenvalue weighted by Crippen LogP contribution is -2.34. The van der Waals surface area contributed by atoms with Crippen LogP contribution >= 0.6 is 47.0 Å². The van der Waals surface area contributed by atoms with Crippen molar-refractivity contribution in [3.63, 3.8) is 0 Å². The molecule has 2 rings (SSSR count). The molecule has 0 aliphatic carbocycles. The number of anilines is 1.